The molecule has 0 radical (unpaired) electrons. The van der Waals surface area contributed by atoms with E-state index in [1.54, 1.807) is 17.2 Å². The van der Waals surface area contributed by atoms with E-state index in [2.05, 4.69) is 15.3 Å². The van der Waals surface area contributed by atoms with Crippen LogP contribution < -0.4 is 10.2 Å². The monoisotopic (exact) mass is 350 g/mol. The highest BCUT2D eigenvalue weighted by Crippen LogP contribution is 2.28. The number of amides is 1. The minimum absolute atomic E-state index is 0.137. The Bertz CT molecular complexity index is 927. The average Bonchev–Trinajstić information content (AvgIpc) is 3.08. The van der Waals surface area contributed by atoms with Gasteiger partial charge >= 0.3 is 0 Å². The summed E-state index contributed by atoms with van der Waals surface area (Å²) in [4.78, 5) is 23.0. The Kier molecular flexibility index (Phi) is 4.07. The minimum atomic E-state index is -0.137. The molecule has 0 fully saturated rings. The first-order valence-corrected chi connectivity index (χ1v) is 8.33. The number of rotatable bonds is 3. The van der Waals surface area contributed by atoms with Crippen molar-refractivity contribution in [3.63, 3.8) is 0 Å². The largest absolute Gasteiger partial charge is 0.338 e. The van der Waals surface area contributed by atoms with Gasteiger partial charge in [-0.15, -0.1) is 0 Å². The molecule has 1 N–H and O–H groups in total. The average molecular weight is 351 g/mol. The molecule has 5 nitrogen and oxygen atoms in total. The highest BCUT2D eigenvalue weighted by atomic mass is 35.5. The van der Waals surface area contributed by atoms with Crippen LogP contribution in [-0.4, -0.2) is 22.4 Å². The van der Waals surface area contributed by atoms with Crippen LogP contribution in [0.2, 0.25) is 5.02 Å². The van der Waals surface area contributed by atoms with E-state index in [0.717, 1.165) is 17.8 Å². The van der Waals surface area contributed by atoms with Crippen molar-refractivity contribution in [2.45, 2.75) is 6.42 Å². The molecule has 1 amide bonds. The SMILES string of the molecule is O=C(c1cnc(Nc2ccccc2Cl)cn1)N1CCc2ccccc21. The summed E-state index contributed by atoms with van der Waals surface area (Å²) in [6.07, 6.45) is 3.89. The molecule has 1 aromatic heterocycles. The summed E-state index contributed by atoms with van der Waals surface area (Å²) < 4.78 is 0. The van der Waals surface area contributed by atoms with Gasteiger partial charge in [-0.25, -0.2) is 9.97 Å². The number of aromatic nitrogens is 2. The van der Waals surface area contributed by atoms with Crippen LogP contribution in [-0.2, 0) is 6.42 Å². The molecule has 1 aliphatic rings. The third kappa shape index (κ3) is 3.06. The fourth-order valence-electron chi connectivity index (χ4n) is 2.89. The van der Waals surface area contributed by atoms with Crippen molar-refractivity contribution in [3.8, 4) is 0 Å². The second-order valence-corrected chi connectivity index (χ2v) is 6.13. The number of hydrogen-bond acceptors (Lipinski definition) is 4. The molecule has 124 valence electrons. The van der Waals surface area contributed by atoms with Crippen molar-refractivity contribution in [2.75, 3.05) is 16.8 Å². The lowest BCUT2D eigenvalue weighted by Gasteiger charge is -2.16. The molecule has 0 unspecified atom stereocenters. The van der Waals surface area contributed by atoms with E-state index >= 15 is 0 Å². The second kappa shape index (κ2) is 6.53. The van der Waals surface area contributed by atoms with Gasteiger partial charge in [-0.1, -0.05) is 41.9 Å². The summed E-state index contributed by atoms with van der Waals surface area (Å²) in [5.74, 6) is 0.396. The molecular formula is C19H15ClN4O. The maximum atomic E-state index is 12.7. The van der Waals surface area contributed by atoms with Crippen molar-refractivity contribution >= 4 is 34.7 Å². The van der Waals surface area contributed by atoms with Crippen molar-refractivity contribution in [1.29, 1.82) is 0 Å². The highest BCUT2D eigenvalue weighted by Gasteiger charge is 2.26. The Morgan fingerprint density at radius 3 is 2.64 bits per heavy atom. The number of fused-ring (bicyclic) bond motifs is 1. The zero-order valence-electron chi connectivity index (χ0n) is 13.3. The molecular weight excluding hydrogens is 336 g/mol. The van der Waals surface area contributed by atoms with Gasteiger partial charge in [0.05, 0.1) is 23.1 Å². The summed E-state index contributed by atoms with van der Waals surface area (Å²) in [7, 11) is 0. The molecule has 2 aromatic carbocycles. The summed E-state index contributed by atoms with van der Waals surface area (Å²) in [6.45, 7) is 0.666. The van der Waals surface area contributed by atoms with Gasteiger partial charge in [0, 0.05) is 12.2 Å². The highest BCUT2D eigenvalue weighted by molar-refractivity contribution is 6.33. The molecule has 0 saturated carbocycles. The van der Waals surface area contributed by atoms with Gasteiger partial charge in [0.1, 0.15) is 11.5 Å². The molecule has 0 aliphatic carbocycles. The van der Waals surface area contributed by atoms with Crippen LogP contribution in [0.4, 0.5) is 17.2 Å². The first-order valence-electron chi connectivity index (χ1n) is 7.96. The van der Waals surface area contributed by atoms with E-state index in [0.29, 0.717) is 23.1 Å². The molecule has 4 rings (SSSR count). The second-order valence-electron chi connectivity index (χ2n) is 5.73. The lowest BCUT2D eigenvalue weighted by molar-refractivity contribution is 0.0984. The molecule has 25 heavy (non-hydrogen) atoms. The summed E-state index contributed by atoms with van der Waals surface area (Å²) >= 11 is 6.12. The topological polar surface area (TPSA) is 58.1 Å². The number of para-hydroxylation sites is 2. The third-order valence-electron chi connectivity index (χ3n) is 4.14. The van der Waals surface area contributed by atoms with Gasteiger partial charge in [0.15, 0.2) is 0 Å². The van der Waals surface area contributed by atoms with E-state index in [4.69, 9.17) is 11.6 Å². The third-order valence-corrected chi connectivity index (χ3v) is 4.47. The van der Waals surface area contributed by atoms with Crippen molar-refractivity contribution < 1.29 is 4.79 Å². The molecule has 3 aromatic rings. The fourth-order valence-corrected chi connectivity index (χ4v) is 3.07. The first-order chi connectivity index (χ1) is 12.2. The maximum Gasteiger partial charge on any atom is 0.278 e. The number of halogens is 1. The molecule has 0 spiro atoms. The van der Waals surface area contributed by atoms with Crippen LogP contribution in [0.3, 0.4) is 0 Å². The maximum absolute atomic E-state index is 12.7. The fraction of sp³-hybridized carbons (Fsp3) is 0.105. The standard InChI is InChI=1S/C19H15ClN4O/c20-14-6-2-3-7-15(14)23-18-12-21-16(11-22-18)19(25)24-10-9-13-5-1-4-8-17(13)24/h1-8,11-12H,9-10H2,(H,22,23). The van der Waals surface area contributed by atoms with E-state index in [-0.39, 0.29) is 5.91 Å². The molecule has 1 aliphatic heterocycles. The first kappa shape index (κ1) is 15.6. The number of nitrogens with one attached hydrogen (secondary N) is 1. The van der Waals surface area contributed by atoms with Gasteiger partial charge in [0.2, 0.25) is 0 Å². The quantitative estimate of drug-likeness (QED) is 0.773. The lowest BCUT2D eigenvalue weighted by atomic mass is 10.2. The number of anilines is 3. The predicted octanol–water partition coefficient (Wildman–Crippen LogP) is 4.08. The molecule has 0 atom stereocenters. The van der Waals surface area contributed by atoms with Crippen LogP contribution in [0.25, 0.3) is 0 Å². The van der Waals surface area contributed by atoms with Crippen LogP contribution in [0.15, 0.2) is 60.9 Å². The molecule has 0 saturated heterocycles. The Morgan fingerprint density at radius 1 is 1.04 bits per heavy atom. The van der Waals surface area contributed by atoms with Gasteiger partial charge < -0.3 is 10.2 Å². The van der Waals surface area contributed by atoms with E-state index < -0.39 is 0 Å². The van der Waals surface area contributed by atoms with Crippen LogP contribution in [0, 0.1) is 0 Å². The van der Waals surface area contributed by atoms with E-state index in [9.17, 15) is 4.79 Å². The number of hydrogen-bond donors (Lipinski definition) is 1. The van der Waals surface area contributed by atoms with E-state index in [1.165, 1.54) is 11.8 Å². The Hall–Kier alpha value is -2.92. The Labute approximate surface area is 150 Å². The molecule has 2 heterocycles. The Balaban J connectivity index is 1.53. The zero-order chi connectivity index (χ0) is 17.2. The molecule has 0 bridgehead atoms. The number of nitrogens with zero attached hydrogens (tertiary/aromatic N) is 3. The van der Waals surface area contributed by atoms with Gasteiger partial charge in [-0.3, -0.25) is 4.79 Å². The van der Waals surface area contributed by atoms with E-state index in [1.807, 2.05) is 42.5 Å². The zero-order valence-corrected chi connectivity index (χ0v) is 14.1. The van der Waals surface area contributed by atoms with Gasteiger partial charge in [-0.2, -0.15) is 0 Å². The summed E-state index contributed by atoms with van der Waals surface area (Å²) in [5.41, 5.74) is 3.20. The predicted molar refractivity (Wildman–Crippen MR) is 98.6 cm³/mol. The van der Waals surface area contributed by atoms with Crippen molar-refractivity contribution in [2.24, 2.45) is 0 Å². The summed E-state index contributed by atoms with van der Waals surface area (Å²) in [5, 5.41) is 3.69. The normalized spacial score (nSPS) is 12.8. The minimum Gasteiger partial charge on any atom is -0.338 e. The van der Waals surface area contributed by atoms with Crippen LogP contribution >= 0.6 is 11.6 Å². The van der Waals surface area contributed by atoms with Gasteiger partial charge in [0.25, 0.3) is 5.91 Å². The smallest absolute Gasteiger partial charge is 0.278 e. The molecule has 6 heteroatoms. The van der Waals surface area contributed by atoms with Crippen molar-refractivity contribution in [1.82, 2.24) is 9.97 Å². The number of carbonyl (C=O) groups excluding carboxylic acids is 1. The van der Waals surface area contributed by atoms with Crippen LogP contribution in [0.5, 0.6) is 0 Å². The van der Waals surface area contributed by atoms with Crippen LogP contribution in [0.1, 0.15) is 16.1 Å². The number of benzene rings is 2. The number of carbonyl (C=O) groups is 1. The van der Waals surface area contributed by atoms with Gasteiger partial charge in [-0.05, 0) is 30.2 Å². The Morgan fingerprint density at radius 2 is 1.84 bits per heavy atom. The van der Waals surface area contributed by atoms with Crippen molar-refractivity contribution in [3.05, 3.63) is 77.2 Å². The summed E-state index contributed by atoms with van der Waals surface area (Å²) in [6, 6.07) is 15.3. The lowest BCUT2D eigenvalue weighted by Crippen LogP contribution is -2.29.